The van der Waals surface area contributed by atoms with E-state index in [0.29, 0.717) is 49.2 Å². The molecule has 1 saturated heterocycles. The Kier molecular flexibility index (Phi) is 4.79. The van der Waals surface area contributed by atoms with E-state index in [-0.39, 0.29) is 17.7 Å². The summed E-state index contributed by atoms with van der Waals surface area (Å²) in [5.74, 6) is 1.98. The van der Waals surface area contributed by atoms with Crippen molar-refractivity contribution in [2.75, 3.05) is 26.2 Å². The number of hydrogen-bond acceptors (Lipinski definition) is 4. The van der Waals surface area contributed by atoms with Gasteiger partial charge < -0.3 is 14.5 Å². The van der Waals surface area contributed by atoms with E-state index in [4.69, 9.17) is 4.74 Å². The first-order valence-corrected chi connectivity index (χ1v) is 9.38. The first kappa shape index (κ1) is 17.5. The number of carbonyl (C=O) groups is 2. The molecule has 140 valence electrons. The molecule has 0 spiro atoms. The van der Waals surface area contributed by atoms with Crippen molar-refractivity contribution in [3.63, 3.8) is 0 Å². The van der Waals surface area contributed by atoms with Crippen LogP contribution in [0, 0.1) is 11.8 Å². The van der Waals surface area contributed by atoms with Gasteiger partial charge in [-0.1, -0.05) is 19.1 Å². The van der Waals surface area contributed by atoms with Gasteiger partial charge in [-0.25, -0.2) is 0 Å². The quantitative estimate of drug-likeness (QED) is 0.836. The van der Waals surface area contributed by atoms with E-state index >= 15 is 0 Å². The first-order valence-electron chi connectivity index (χ1n) is 9.38. The van der Waals surface area contributed by atoms with Crippen LogP contribution in [0.1, 0.15) is 23.7 Å². The summed E-state index contributed by atoms with van der Waals surface area (Å²) in [5, 5.41) is 0. The Morgan fingerprint density at radius 1 is 1.04 bits per heavy atom. The Bertz CT molecular complexity index is 832. The summed E-state index contributed by atoms with van der Waals surface area (Å²) < 4.78 is 5.86. The third-order valence-corrected chi connectivity index (χ3v) is 5.28. The van der Waals surface area contributed by atoms with Crippen LogP contribution in [-0.2, 0) is 4.79 Å². The molecule has 0 bridgehead atoms. The van der Waals surface area contributed by atoms with Gasteiger partial charge >= 0.3 is 0 Å². The number of benzene rings is 1. The highest BCUT2D eigenvalue weighted by atomic mass is 16.5. The molecule has 2 fully saturated rings. The average molecular weight is 365 g/mol. The standard InChI is InChI=1S/C21H23N3O3/c1-15-13-18(15)21(26)24-11-9-23(10-12-24)20(25)17-6-2-3-7-19(17)27-16-5-4-8-22-14-16/h2-8,14-15,18H,9-13H2,1H3/t15-,18+/m1/s1. The predicted molar refractivity (Wildman–Crippen MR) is 101 cm³/mol. The van der Waals surface area contributed by atoms with E-state index in [9.17, 15) is 9.59 Å². The Morgan fingerprint density at radius 3 is 2.41 bits per heavy atom. The number of ether oxygens (including phenoxy) is 1. The van der Waals surface area contributed by atoms with Gasteiger partial charge in [-0.15, -0.1) is 0 Å². The Morgan fingerprint density at radius 2 is 1.74 bits per heavy atom. The van der Waals surface area contributed by atoms with Crippen LogP contribution >= 0.6 is 0 Å². The van der Waals surface area contributed by atoms with Crippen molar-refractivity contribution in [1.29, 1.82) is 0 Å². The molecule has 1 aromatic carbocycles. The lowest BCUT2D eigenvalue weighted by Crippen LogP contribution is -2.51. The minimum Gasteiger partial charge on any atom is -0.455 e. The van der Waals surface area contributed by atoms with Crippen molar-refractivity contribution in [3.05, 3.63) is 54.4 Å². The Labute approximate surface area is 158 Å². The van der Waals surface area contributed by atoms with E-state index in [1.54, 1.807) is 41.6 Å². The van der Waals surface area contributed by atoms with Crippen molar-refractivity contribution >= 4 is 11.8 Å². The number of hydrogen-bond donors (Lipinski definition) is 0. The molecule has 4 rings (SSSR count). The number of nitrogens with zero attached hydrogens (tertiary/aromatic N) is 3. The number of para-hydroxylation sites is 1. The van der Waals surface area contributed by atoms with Crippen LogP contribution in [0.3, 0.4) is 0 Å². The minimum absolute atomic E-state index is 0.0682. The molecule has 2 amide bonds. The molecular formula is C21H23N3O3. The van der Waals surface area contributed by atoms with Crippen molar-refractivity contribution < 1.29 is 14.3 Å². The SMILES string of the molecule is C[C@@H]1C[C@@H]1C(=O)N1CCN(C(=O)c2ccccc2Oc2cccnc2)CC1. The zero-order chi connectivity index (χ0) is 18.8. The van der Waals surface area contributed by atoms with Gasteiger partial charge in [0.25, 0.3) is 5.91 Å². The van der Waals surface area contributed by atoms with Crippen molar-refractivity contribution in [1.82, 2.24) is 14.8 Å². The summed E-state index contributed by atoms with van der Waals surface area (Å²) in [6.45, 7) is 4.40. The molecule has 1 aliphatic carbocycles. The van der Waals surface area contributed by atoms with Crippen LogP contribution in [0.5, 0.6) is 11.5 Å². The van der Waals surface area contributed by atoms with Crippen LogP contribution in [-0.4, -0.2) is 52.8 Å². The van der Waals surface area contributed by atoms with E-state index in [1.807, 2.05) is 17.0 Å². The number of rotatable bonds is 4. The van der Waals surface area contributed by atoms with Crippen LogP contribution < -0.4 is 4.74 Å². The maximum absolute atomic E-state index is 13.0. The molecule has 0 unspecified atom stereocenters. The molecule has 2 aromatic rings. The molecule has 6 nitrogen and oxygen atoms in total. The predicted octanol–water partition coefficient (Wildman–Crippen LogP) is 2.81. The van der Waals surface area contributed by atoms with Crippen molar-refractivity contribution in [2.45, 2.75) is 13.3 Å². The van der Waals surface area contributed by atoms with E-state index in [2.05, 4.69) is 11.9 Å². The zero-order valence-corrected chi connectivity index (χ0v) is 15.4. The molecule has 1 aliphatic heterocycles. The highest BCUT2D eigenvalue weighted by Crippen LogP contribution is 2.39. The summed E-state index contributed by atoms with van der Waals surface area (Å²) in [4.78, 5) is 33.1. The van der Waals surface area contributed by atoms with Gasteiger partial charge in [0.15, 0.2) is 0 Å². The smallest absolute Gasteiger partial charge is 0.257 e. The van der Waals surface area contributed by atoms with E-state index < -0.39 is 0 Å². The number of piperazine rings is 1. The van der Waals surface area contributed by atoms with Crippen LogP contribution in [0.15, 0.2) is 48.8 Å². The molecule has 1 saturated carbocycles. The van der Waals surface area contributed by atoms with Gasteiger partial charge in [0.2, 0.25) is 5.91 Å². The second-order valence-electron chi connectivity index (χ2n) is 7.22. The van der Waals surface area contributed by atoms with E-state index in [1.165, 1.54) is 0 Å². The van der Waals surface area contributed by atoms with Crippen LogP contribution in [0.25, 0.3) is 0 Å². The van der Waals surface area contributed by atoms with Crippen LogP contribution in [0.2, 0.25) is 0 Å². The molecule has 27 heavy (non-hydrogen) atoms. The molecule has 2 aliphatic rings. The van der Waals surface area contributed by atoms with Crippen molar-refractivity contribution in [3.8, 4) is 11.5 Å². The lowest BCUT2D eigenvalue weighted by atomic mass is 10.1. The largest absolute Gasteiger partial charge is 0.455 e. The van der Waals surface area contributed by atoms with Gasteiger partial charge in [-0.2, -0.15) is 0 Å². The fourth-order valence-electron chi connectivity index (χ4n) is 3.47. The highest BCUT2D eigenvalue weighted by molar-refractivity contribution is 5.97. The molecule has 6 heteroatoms. The monoisotopic (exact) mass is 365 g/mol. The first-order chi connectivity index (χ1) is 13.1. The van der Waals surface area contributed by atoms with Crippen molar-refractivity contribution in [2.24, 2.45) is 11.8 Å². The summed E-state index contributed by atoms with van der Waals surface area (Å²) in [7, 11) is 0. The summed E-state index contributed by atoms with van der Waals surface area (Å²) >= 11 is 0. The van der Waals surface area contributed by atoms with Gasteiger partial charge in [-0.3, -0.25) is 14.6 Å². The van der Waals surface area contributed by atoms with Gasteiger partial charge in [0.1, 0.15) is 11.5 Å². The van der Waals surface area contributed by atoms with Crippen LogP contribution in [0.4, 0.5) is 0 Å². The van der Waals surface area contributed by atoms with Gasteiger partial charge in [0, 0.05) is 38.3 Å². The third kappa shape index (κ3) is 3.79. The second kappa shape index (κ2) is 7.39. The summed E-state index contributed by atoms with van der Waals surface area (Å²) in [6.07, 6.45) is 4.29. The third-order valence-electron chi connectivity index (χ3n) is 5.28. The number of amides is 2. The molecule has 0 N–H and O–H groups in total. The normalized spacial score (nSPS) is 21.7. The molecular weight excluding hydrogens is 342 g/mol. The fourth-order valence-corrected chi connectivity index (χ4v) is 3.47. The minimum atomic E-state index is -0.0682. The van der Waals surface area contributed by atoms with Gasteiger partial charge in [-0.05, 0) is 36.6 Å². The lowest BCUT2D eigenvalue weighted by Gasteiger charge is -2.35. The number of carbonyl (C=O) groups excluding carboxylic acids is 2. The maximum atomic E-state index is 13.0. The Balaban J connectivity index is 1.42. The average Bonchev–Trinajstić information content (AvgIpc) is 3.45. The maximum Gasteiger partial charge on any atom is 0.257 e. The molecule has 2 atom stereocenters. The second-order valence-corrected chi connectivity index (χ2v) is 7.22. The fraction of sp³-hybridized carbons (Fsp3) is 0.381. The molecule has 0 radical (unpaired) electrons. The Hall–Kier alpha value is -2.89. The number of aromatic nitrogens is 1. The summed E-state index contributed by atoms with van der Waals surface area (Å²) in [6, 6.07) is 10.8. The topological polar surface area (TPSA) is 62.7 Å². The number of pyridine rings is 1. The zero-order valence-electron chi connectivity index (χ0n) is 15.4. The lowest BCUT2D eigenvalue weighted by molar-refractivity contribution is -0.134. The highest BCUT2D eigenvalue weighted by Gasteiger charge is 2.42. The summed E-state index contributed by atoms with van der Waals surface area (Å²) in [5.41, 5.74) is 0.525. The van der Waals surface area contributed by atoms with E-state index in [0.717, 1.165) is 6.42 Å². The molecule has 2 heterocycles. The molecule has 1 aromatic heterocycles. The van der Waals surface area contributed by atoms with Gasteiger partial charge in [0.05, 0.1) is 11.8 Å².